The Morgan fingerprint density at radius 3 is 2.85 bits per heavy atom. The van der Waals surface area contributed by atoms with E-state index in [1.807, 2.05) is 29.2 Å². The SMILES string of the molecule is CCC1CCCCN1C(=O)c1ccnc(NCCc2ccc(Cl)cc2)n1. The van der Waals surface area contributed by atoms with E-state index in [1.165, 1.54) is 12.0 Å². The van der Waals surface area contributed by atoms with Crippen molar-refractivity contribution in [1.29, 1.82) is 0 Å². The van der Waals surface area contributed by atoms with E-state index < -0.39 is 0 Å². The molecule has 1 aliphatic heterocycles. The Bertz CT molecular complexity index is 735. The molecule has 0 saturated carbocycles. The van der Waals surface area contributed by atoms with Crippen molar-refractivity contribution in [2.45, 2.75) is 45.1 Å². The quantitative estimate of drug-likeness (QED) is 0.826. The van der Waals surface area contributed by atoms with Crippen LogP contribution in [0.15, 0.2) is 36.5 Å². The maximum Gasteiger partial charge on any atom is 0.272 e. The van der Waals surface area contributed by atoms with E-state index in [0.29, 0.717) is 24.2 Å². The number of hydrogen-bond acceptors (Lipinski definition) is 4. The number of benzene rings is 1. The van der Waals surface area contributed by atoms with Gasteiger partial charge in [-0.05, 0) is 55.9 Å². The van der Waals surface area contributed by atoms with Crippen LogP contribution in [0.25, 0.3) is 0 Å². The van der Waals surface area contributed by atoms with Crippen LogP contribution in [-0.2, 0) is 6.42 Å². The smallest absolute Gasteiger partial charge is 0.272 e. The Balaban J connectivity index is 1.60. The fourth-order valence-corrected chi connectivity index (χ4v) is 3.50. The average molecular weight is 373 g/mol. The number of hydrogen-bond donors (Lipinski definition) is 1. The summed E-state index contributed by atoms with van der Waals surface area (Å²) >= 11 is 5.90. The van der Waals surface area contributed by atoms with Crippen molar-refractivity contribution in [3.8, 4) is 0 Å². The molecular formula is C20H25ClN4O. The Morgan fingerprint density at radius 1 is 1.27 bits per heavy atom. The predicted octanol–water partition coefficient (Wildman–Crippen LogP) is 4.19. The van der Waals surface area contributed by atoms with Crippen molar-refractivity contribution in [2.75, 3.05) is 18.4 Å². The van der Waals surface area contributed by atoms with Gasteiger partial charge in [-0.25, -0.2) is 9.97 Å². The number of amides is 1. The summed E-state index contributed by atoms with van der Waals surface area (Å²) < 4.78 is 0. The van der Waals surface area contributed by atoms with E-state index in [-0.39, 0.29) is 5.91 Å². The number of aromatic nitrogens is 2. The molecule has 0 spiro atoms. The molecule has 1 saturated heterocycles. The van der Waals surface area contributed by atoms with Gasteiger partial charge in [0.2, 0.25) is 5.95 Å². The van der Waals surface area contributed by atoms with Gasteiger partial charge in [0.25, 0.3) is 5.91 Å². The summed E-state index contributed by atoms with van der Waals surface area (Å²) in [5.41, 5.74) is 1.66. The second kappa shape index (κ2) is 8.99. The van der Waals surface area contributed by atoms with Crippen LogP contribution in [0, 0.1) is 0 Å². The van der Waals surface area contributed by atoms with Crippen LogP contribution in [0.1, 0.15) is 48.7 Å². The lowest BCUT2D eigenvalue weighted by atomic mass is 9.99. The first-order valence-corrected chi connectivity index (χ1v) is 9.67. The molecule has 1 fully saturated rings. The molecule has 1 aromatic carbocycles. The van der Waals surface area contributed by atoms with Gasteiger partial charge in [0.15, 0.2) is 0 Å². The molecule has 2 aromatic rings. The lowest BCUT2D eigenvalue weighted by Gasteiger charge is -2.35. The number of nitrogens with zero attached hydrogens (tertiary/aromatic N) is 3. The minimum absolute atomic E-state index is 0.0136. The summed E-state index contributed by atoms with van der Waals surface area (Å²) in [7, 11) is 0. The number of nitrogens with one attached hydrogen (secondary N) is 1. The zero-order chi connectivity index (χ0) is 18.4. The van der Waals surface area contributed by atoms with Crippen molar-refractivity contribution in [1.82, 2.24) is 14.9 Å². The normalized spacial score (nSPS) is 17.2. The number of rotatable bonds is 6. The highest BCUT2D eigenvalue weighted by Gasteiger charge is 2.27. The fraction of sp³-hybridized carbons (Fsp3) is 0.450. The average Bonchev–Trinajstić information content (AvgIpc) is 2.69. The summed E-state index contributed by atoms with van der Waals surface area (Å²) in [6, 6.07) is 9.81. The van der Waals surface area contributed by atoms with Crippen LogP contribution in [0.4, 0.5) is 5.95 Å². The Labute approximate surface area is 159 Å². The number of carbonyl (C=O) groups is 1. The highest BCUT2D eigenvalue weighted by molar-refractivity contribution is 6.30. The van der Waals surface area contributed by atoms with Gasteiger partial charge < -0.3 is 10.2 Å². The van der Waals surface area contributed by atoms with Gasteiger partial charge in [-0.1, -0.05) is 30.7 Å². The first-order valence-electron chi connectivity index (χ1n) is 9.29. The molecule has 2 heterocycles. The number of carbonyl (C=O) groups excluding carboxylic acids is 1. The third-order valence-corrected chi connectivity index (χ3v) is 5.10. The molecule has 0 aliphatic carbocycles. The summed E-state index contributed by atoms with van der Waals surface area (Å²) in [5.74, 6) is 0.509. The Kier molecular flexibility index (Phi) is 6.45. The van der Waals surface area contributed by atoms with Gasteiger partial charge in [0, 0.05) is 30.4 Å². The van der Waals surface area contributed by atoms with Gasteiger partial charge >= 0.3 is 0 Å². The molecule has 26 heavy (non-hydrogen) atoms. The number of piperidine rings is 1. The van der Waals surface area contributed by atoms with Crippen molar-refractivity contribution < 1.29 is 4.79 Å². The second-order valence-corrected chi connectivity index (χ2v) is 7.06. The minimum atomic E-state index is 0.0136. The highest BCUT2D eigenvalue weighted by Crippen LogP contribution is 2.21. The number of likely N-dealkylation sites (tertiary alicyclic amines) is 1. The number of halogens is 1. The van der Waals surface area contributed by atoms with Gasteiger partial charge in [0.1, 0.15) is 5.69 Å². The molecule has 1 atom stereocenters. The topological polar surface area (TPSA) is 58.1 Å². The predicted molar refractivity (Wildman–Crippen MR) is 105 cm³/mol. The summed E-state index contributed by atoms with van der Waals surface area (Å²) in [4.78, 5) is 23.5. The molecule has 1 N–H and O–H groups in total. The van der Waals surface area contributed by atoms with Crippen LogP contribution in [-0.4, -0.2) is 39.9 Å². The lowest BCUT2D eigenvalue weighted by Crippen LogP contribution is -2.43. The molecule has 138 valence electrons. The summed E-state index contributed by atoms with van der Waals surface area (Å²) in [6.45, 7) is 3.65. The first kappa shape index (κ1) is 18.6. The van der Waals surface area contributed by atoms with E-state index in [2.05, 4.69) is 22.2 Å². The maximum absolute atomic E-state index is 12.8. The zero-order valence-corrected chi connectivity index (χ0v) is 15.9. The molecule has 1 unspecified atom stereocenters. The van der Waals surface area contributed by atoms with Crippen molar-refractivity contribution in [2.24, 2.45) is 0 Å². The molecule has 6 heteroatoms. The maximum atomic E-state index is 12.8. The fourth-order valence-electron chi connectivity index (χ4n) is 3.37. The molecule has 1 aromatic heterocycles. The van der Waals surface area contributed by atoms with Gasteiger partial charge in [-0.15, -0.1) is 0 Å². The third-order valence-electron chi connectivity index (χ3n) is 4.84. The van der Waals surface area contributed by atoms with Crippen molar-refractivity contribution >= 4 is 23.5 Å². The Hall–Kier alpha value is -2.14. The molecular weight excluding hydrogens is 348 g/mol. The van der Waals surface area contributed by atoms with Crippen LogP contribution >= 0.6 is 11.6 Å². The monoisotopic (exact) mass is 372 g/mol. The zero-order valence-electron chi connectivity index (χ0n) is 15.1. The van der Waals surface area contributed by atoms with E-state index in [4.69, 9.17) is 11.6 Å². The van der Waals surface area contributed by atoms with Crippen LogP contribution in [0.3, 0.4) is 0 Å². The Morgan fingerprint density at radius 2 is 2.08 bits per heavy atom. The van der Waals surface area contributed by atoms with Gasteiger partial charge in [-0.3, -0.25) is 4.79 Å². The lowest BCUT2D eigenvalue weighted by molar-refractivity contribution is 0.0602. The van der Waals surface area contributed by atoms with Gasteiger partial charge in [-0.2, -0.15) is 0 Å². The molecule has 1 amide bonds. The molecule has 0 radical (unpaired) electrons. The number of anilines is 1. The minimum Gasteiger partial charge on any atom is -0.354 e. The largest absolute Gasteiger partial charge is 0.354 e. The summed E-state index contributed by atoms with van der Waals surface area (Å²) in [6.07, 6.45) is 6.82. The van der Waals surface area contributed by atoms with E-state index >= 15 is 0 Å². The molecule has 0 bridgehead atoms. The van der Waals surface area contributed by atoms with E-state index in [1.54, 1.807) is 12.3 Å². The second-order valence-electron chi connectivity index (χ2n) is 6.63. The van der Waals surface area contributed by atoms with Crippen molar-refractivity contribution in [3.63, 3.8) is 0 Å². The van der Waals surface area contributed by atoms with Crippen LogP contribution in [0.2, 0.25) is 5.02 Å². The van der Waals surface area contributed by atoms with E-state index in [9.17, 15) is 4.79 Å². The standard InChI is InChI=1S/C20H25ClN4O/c1-2-17-5-3-4-14-25(17)19(26)18-11-13-23-20(24-18)22-12-10-15-6-8-16(21)9-7-15/h6-9,11,13,17H,2-5,10,12,14H2,1H3,(H,22,23,24). The van der Waals surface area contributed by atoms with Crippen LogP contribution in [0.5, 0.6) is 0 Å². The highest BCUT2D eigenvalue weighted by atomic mass is 35.5. The molecule has 1 aliphatic rings. The molecule has 3 rings (SSSR count). The first-order chi connectivity index (χ1) is 12.7. The van der Waals surface area contributed by atoms with Gasteiger partial charge in [0.05, 0.1) is 0 Å². The van der Waals surface area contributed by atoms with Crippen LogP contribution < -0.4 is 5.32 Å². The summed E-state index contributed by atoms with van der Waals surface area (Å²) in [5, 5.41) is 3.94. The molecule has 5 nitrogen and oxygen atoms in total. The van der Waals surface area contributed by atoms with E-state index in [0.717, 1.165) is 37.3 Å². The van der Waals surface area contributed by atoms with Crippen molar-refractivity contribution in [3.05, 3.63) is 52.8 Å². The third kappa shape index (κ3) is 4.73.